The summed E-state index contributed by atoms with van der Waals surface area (Å²) in [6, 6.07) is 10.9. The molecule has 0 saturated carbocycles. The van der Waals surface area contributed by atoms with Gasteiger partial charge in [-0.25, -0.2) is 9.78 Å². The molecule has 0 atom stereocenters. The monoisotopic (exact) mass is 421 g/mol. The molecule has 0 spiro atoms. The Kier molecular flexibility index (Phi) is 6.05. The summed E-state index contributed by atoms with van der Waals surface area (Å²) < 4.78 is 5.30. The molecule has 0 radical (unpaired) electrons. The fourth-order valence-corrected chi connectivity index (χ4v) is 3.74. The average molecular weight is 422 g/mol. The zero-order chi connectivity index (χ0) is 19.6. The van der Waals surface area contributed by atoms with Crippen molar-refractivity contribution >= 4 is 40.5 Å². The van der Waals surface area contributed by atoms with E-state index >= 15 is 0 Å². The molecule has 1 heterocycles. The number of thiazole rings is 1. The number of carbonyl (C=O) groups is 1. The number of benzene rings is 2. The number of aromatic hydroxyl groups is 1. The van der Waals surface area contributed by atoms with Gasteiger partial charge in [0.05, 0.1) is 20.5 Å². The van der Waals surface area contributed by atoms with Gasteiger partial charge in [0.2, 0.25) is 0 Å². The molecule has 0 saturated heterocycles. The lowest BCUT2D eigenvalue weighted by molar-refractivity contribution is 0.0476. The Labute approximate surface area is 171 Å². The summed E-state index contributed by atoms with van der Waals surface area (Å²) >= 11 is 13.1. The molecular formula is C20H17Cl2NO3S. The Balaban J connectivity index is 1.66. The summed E-state index contributed by atoms with van der Waals surface area (Å²) in [5.41, 5.74) is 2.48. The number of carbonyl (C=O) groups excluding carboxylic acids is 1. The molecule has 3 aromatic rings. The Morgan fingerprint density at radius 1 is 1.19 bits per heavy atom. The van der Waals surface area contributed by atoms with Crippen LogP contribution in [0.2, 0.25) is 10.0 Å². The first-order valence-corrected chi connectivity index (χ1v) is 9.82. The van der Waals surface area contributed by atoms with Gasteiger partial charge in [0.25, 0.3) is 0 Å². The summed E-state index contributed by atoms with van der Waals surface area (Å²) in [4.78, 5) is 17.4. The highest BCUT2D eigenvalue weighted by Crippen LogP contribution is 2.33. The van der Waals surface area contributed by atoms with Crippen molar-refractivity contribution in [2.24, 2.45) is 0 Å². The average Bonchev–Trinajstić information content (AvgIpc) is 3.12. The fourth-order valence-electron chi connectivity index (χ4n) is 2.42. The molecule has 0 aliphatic heterocycles. The molecule has 0 aliphatic rings. The van der Waals surface area contributed by atoms with Crippen molar-refractivity contribution in [1.29, 1.82) is 0 Å². The van der Waals surface area contributed by atoms with Gasteiger partial charge < -0.3 is 9.84 Å². The van der Waals surface area contributed by atoms with E-state index in [4.69, 9.17) is 27.9 Å². The minimum atomic E-state index is -0.574. The maximum Gasteiger partial charge on any atom is 0.338 e. The molecule has 7 heteroatoms. The van der Waals surface area contributed by atoms with E-state index in [-0.39, 0.29) is 28.0 Å². The van der Waals surface area contributed by atoms with Gasteiger partial charge in [-0.1, -0.05) is 61.3 Å². The molecule has 0 bridgehead atoms. The highest BCUT2D eigenvalue weighted by Gasteiger charge is 2.14. The molecule has 0 amide bonds. The van der Waals surface area contributed by atoms with Crippen molar-refractivity contribution in [3.05, 3.63) is 68.6 Å². The first-order valence-electron chi connectivity index (χ1n) is 8.25. The van der Waals surface area contributed by atoms with Crippen LogP contribution in [0.3, 0.4) is 0 Å². The van der Waals surface area contributed by atoms with Gasteiger partial charge in [-0.2, -0.15) is 0 Å². The van der Waals surface area contributed by atoms with Crippen LogP contribution in [-0.2, 0) is 11.3 Å². The summed E-state index contributed by atoms with van der Waals surface area (Å²) in [5, 5.41) is 10.4. The molecule has 2 aromatic carbocycles. The predicted molar refractivity (Wildman–Crippen MR) is 109 cm³/mol. The maximum absolute atomic E-state index is 12.2. The van der Waals surface area contributed by atoms with E-state index in [9.17, 15) is 9.90 Å². The van der Waals surface area contributed by atoms with Gasteiger partial charge in [0.15, 0.2) is 5.75 Å². The summed E-state index contributed by atoms with van der Waals surface area (Å²) in [6.07, 6.45) is 1.69. The van der Waals surface area contributed by atoms with E-state index in [0.29, 0.717) is 5.92 Å². The van der Waals surface area contributed by atoms with Crippen LogP contribution in [-0.4, -0.2) is 16.1 Å². The summed E-state index contributed by atoms with van der Waals surface area (Å²) in [6.45, 7) is 4.40. The van der Waals surface area contributed by atoms with Crippen molar-refractivity contribution in [2.75, 3.05) is 0 Å². The van der Waals surface area contributed by atoms with E-state index < -0.39 is 5.97 Å². The van der Waals surface area contributed by atoms with Crippen LogP contribution in [0.5, 0.6) is 5.75 Å². The number of halogens is 2. The molecule has 3 rings (SSSR count). The zero-order valence-electron chi connectivity index (χ0n) is 14.7. The van der Waals surface area contributed by atoms with Crippen molar-refractivity contribution in [1.82, 2.24) is 4.98 Å². The van der Waals surface area contributed by atoms with E-state index in [1.54, 1.807) is 6.20 Å². The third-order valence-corrected chi connectivity index (χ3v) is 5.57. The van der Waals surface area contributed by atoms with Gasteiger partial charge in [-0.15, -0.1) is 11.3 Å². The second kappa shape index (κ2) is 8.30. The standard InChI is InChI=1S/C20H17Cl2NO3S/c1-11(2)12-3-5-13(6-4-12)19-23-9-15(27-19)10-26-20(25)14-7-16(21)18(24)17(22)8-14/h3-9,11,24H,10H2,1-2H3. The number of phenolic OH excluding ortho intramolecular Hbond substituents is 1. The number of esters is 1. The van der Waals surface area contributed by atoms with Crippen LogP contribution in [0, 0.1) is 0 Å². The molecule has 27 heavy (non-hydrogen) atoms. The van der Waals surface area contributed by atoms with Crippen LogP contribution in [0.25, 0.3) is 10.6 Å². The van der Waals surface area contributed by atoms with Crippen LogP contribution < -0.4 is 0 Å². The van der Waals surface area contributed by atoms with Gasteiger partial charge in [-0.3, -0.25) is 0 Å². The first kappa shape index (κ1) is 19.7. The number of ether oxygens (including phenoxy) is 1. The Hall–Kier alpha value is -2.08. The summed E-state index contributed by atoms with van der Waals surface area (Å²) in [5.74, 6) is -0.354. The highest BCUT2D eigenvalue weighted by atomic mass is 35.5. The number of phenols is 1. The van der Waals surface area contributed by atoms with Gasteiger partial charge in [-0.05, 0) is 23.6 Å². The lowest BCUT2D eigenvalue weighted by Crippen LogP contribution is -2.04. The van der Waals surface area contributed by atoms with Crippen LogP contribution in [0.1, 0.15) is 40.6 Å². The van der Waals surface area contributed by atoms with Crippen LogP contribution in [0.4, 0.5) is 0 Å². The molecule has 0 aliphatic carbocycles. The minimum absolute atomic E-state index is 0.000582. The van der Waals surface area contributed by atoms with E-state index in [0.717, 1.165) is 15.4 Å². The second-order valence-corrected chi connectivity index (χ2v) is 8.20. The van der Waals surface area contributed by atoms with Crippen molar-refractivity contribution in [2.45, 2.75) is 26.4 Å². The van der Waals surface area contributed by atoms with Gasteiger partial charge >= 0.3 is 5.97 Å². The predicted octanol–water partition coefficient (Wildman–Crippen LogP) is 6.30. The molecule has 0 unspecified atom stereocenters. The molecule has 1 N–H and O–H groups in total. The number of nitrogens with zero attached hydrogens (tertiary/aromatic N) is 1. The number of aromatic nitrogens is 1. The van der Waals surface area contributed by atoms with E-state index in [2.05, 4.69) is 31.0 Å². The number of hydrogen-bond acceptors (Lipinski definition) is 5. The van der Waals surface area contributed by atoms with Crippen molar-refractivity contribution < 1.29 is 14.6 Å². The number of hydrogen-bond donors (Lipinski definition) is 1. The van der Waals surface area contributed by atoms with Crippen molar-refractivity contribution in [3.8, 4) is 16.3 Å². The quantitative estimate of drug-likeness (QED) is 0.490. The van der Waals surface area contributed by atoms with Crippen LogP contribution >= 0.6 is 34.5 Å². The van der Waals surface area contributed by atoms with E-state index in [1.807, 2.05) is 12.1 Å². The fraction of sp³-hybridized carbons (Fsp3) is 0.200. The lowest BCUT2D eigenvalue weighted by Gasteiger charge is -2.06. The first-order chi connectivity index (χ1) is 12.8. The SMILES string of the molecule is CC(C)c1ccc(-c2ncc(COC(=O)c3cc(Cl)c(O)c(Cl)c3)s2)cc1. The zero-order valence-corrected chi connectivity index (χ0v) is 17.0. The Bertz CT molecular complexity index is 945. The normalized spacial score (nSPS) is 11.0. The summed E-state index contributed by atoms with van der Waals surface area (Å²) in [7, 11) is 0. The Morgan fingerprint density at radius 3 is 2.41 bits per heavy atom. The highest BCUT2D eigenvalue weighted by molar-refractivity contribution is 7.15. The Morgan fingerprint density at radius 2 is 1.81 bits per heavy atom. The molecule has 4 nitrogen and oxygen atoms in total. The van der Waals surface area contributed by atoms with E-state index in [1.165, 1.54) is 29.0 Å². The topological polar surface area (TPSA) is 59.4 Å². The minimum Gasteiger partial charge on any atom is -0.505 e. The largest absolute Gasteiger partial charge is 0.505 e. The molecule has 1 aromatic heterocycles. The molecular weight excluding hydrogens is 405 g/mol. The second-order valence-electron chi connectivity index (χ2n) is 6.27. The molecule has 140 valence electrons. The van der Waals surface area contributed by atoms with Crippen LogP contribution in [0.15, 0.2) is 42.6 Å². The third kappa shape index (κ3) is 4.61. The van der Waals surface area contributed by atoms with Gasteiger partial charge in [0, 0.05) is 11.8 Å². The van der Waals surface area contributed by atoms with Gasteiger partial charge in [0.1, 0.15) is 11.6 Å². The van der Waals surface area contributed by atoms with Crippen molar-refractivity contribution in [3.63, 3.8) is 0 Å². The maximum atomic E-state index is 12.2. The third-order valence-electron chi connectivity index (χ3n) is 3.98. The lowest BCUT2D eigenvalue weighted by atomic mass is 10.0. The number of rotatable bonds is 5. The molecule has 0 fully saturated rings. The smallest absolute Gasteiger partial charge is 0.338 e.